The van der Waals surface area contributed by atoms with Crippen LogP contribution >= 0.6 is 0 Å². The van der Waals surface area contributed by atoms with Crippen LogP contribution in [0, 0.1) is 0 Å². The number of nitrogens with two attached hydrogens (primary N) is 1. The molecule has 0 heterocycles. The van der Waals surface area contributed by atoms with Crippen LogP contribution in [0.1, 0.15) is 11.1 Å². The highest BCUT2D eigenvalue weighted by Gasteiger charge is 2.30. The normalized spacial score (nSPS) is 11.2. The summed E-state index contributed by atoms with van der Waals surface area (Å²) in [7, 11) is 0. The zero-order chi connectivity index (χ0) is 15.5. The van der Waals surface area contributed by atoms with Crippen LogP contribution in [0.3, 0.4) is 0 Å². The van der Waals surface area contributed by atoms with Crippen molar-refractivity contribution in [1.29, 1.82) is 0 Å². The number of benzene rings is 2. The van der Waals surface area contributed by atoms with Gasteiger partial charge in [0.2, 0.25) is 5.91 Å². The van der Waals surface area contributed by atoms with Crippen molar-refractivity contribution in [3.05, 3.63) is 59.7 Å². The standard InChI is InChI=1S/C15H13F3N2O/c16-15(17,18)11-5-3-6-12(9-11)20-13-7-2-1-4-10(13)8-14(19)21/h1-7,9,20H,8H2,(H2,19,21). The van der Waals surface area contributed by atoms with Crippen molar-refractivity contribution < 1.29 is 18.0 Å². The Morgan fingerprint density at radius 3 is 2.48 bits per heavy atom. The number of amides is 1. The van der Waals surface area contributed by atoms with E-state index in [4.69, 9.17) is 5.73 Å². The topological polar surface area (TPSA) is 55.1 Å². The summed E-state index contributed by atoms with van der Waals surface area (Å²) in [6, 6.07) is 11.7. The molecule has 2 aromatic rings. The Labute approximate surface area is 119 Å². The first-order chi connectivity index (χ1) is 9.86. The van der Waals surface area contributed by atoms with Crippen molar-refractivity contribution in [2.75, 3.05) is 5.32 Å². The molecule has 21 heavy (non-hydrogen) atoms. The second-order valence-electron chi connectivity index (χ2n) is 4.50. The van der Waals surface area contributed by atoms with Gasteiger partial charge in [-0.3, -0.25) is 4.79 Å². The van der Waals surface area contributed by atoms with Crippen molar-refractivity contribution in [3.8, 4) is 0 Å². The zero-order valence-corrected chi connectivity index (χ0v) is 10.9. The number of primary amides is 1. The van der Waals surface area contributed by atoms with Crippen LogP contribution in [0.5, 0.6) is 0 Å². The number of halogens is 3. The third kappa shape index (κ3) is 3.98. The van der Waals surface area contributed by atoms with E-state index >= 15 is 0 Å². The molecule has 0 atom stereocenters. The fourth-order valence-electron chi connectivity index (χ4n) is 1.91. The zero-order valence-electron chi connectivity index (χ0n) is 10.9. The monoisotopic (exact) mass is 294 g/mol. The van der Waals surface area contributed by atoms with Crippen LogP contribution in [0.4, 0.5) is 24.5 Å². The molecule has 0 aliphatic carbocycles. The Kier molecular flexibility index (Phi) is 4.16. The third-order valence-corrected chi connectivity index (χ3v) is 2.85. The largest absolute Gasteiger partial charge is 0.416 e. The van der Waals surface area contributed by atoms with Crippen molar-refractivity contribution >= 4 is 17.3 Å². The van der Waals surface area contributed by atoms with E-state index in [9.17, 15) is 18.0 Å². The van der Waals surface area contributed by atoms with Gasteiger partial charge in [0, 0.05) is 11.4 Å². The minimum atomic E-state index is -4.40. The number of carbonyl (C=O) groups is 1. The molecule has 0 spiro atoms. The van der Waals surface area contributed by atoms with E-state index in [2.05, 4.69) is 5.32 Å². The van der Waals surface area contributed by atoms with E-state index in [0.717, 1.165) is 12.1 Å². The molecule has 0 saturated heterocycles. The van der Waals surface area contributed by atoms with E-state index < -0.39 is 17.6 Å². The van der Waals surface area contributed by atoms with Crippen molar-refractivity contribution in [2.24, 2.45) is 5.73 Å². The highest BCUT2D eigenvalue weighted by molar-refractivity contribution is 5.79. The maximum atomic E-state index is 12.7. The quantitative estimate of drug-likeness (QED) is 0.907. The molecular formula is C15H13F3N2O. The number of alkyl halides is 3. The van der Waals surface area contributed by atoms with E-state index in [1.807, 2.05) is 0 Å². The van der Waals surface area contributed by atoms with E-state index in [1.54, 1.807) is 24.3 Å². The highest BCUT2D eigenvalue weighted by Crippen LogP contribution is 2.31. The molecule has 6 heteroatoms. The Morgan fingerprint density at radius 1 is 1.10 bits per heavy atom. The fourth-order valence-corrected chi connectivity index (χ4v) is 1.91. The number of hydrogen-bond donors (Lipinski definition) is 2. The Hall–Kier alpha value is -2.50. The number of anilines is 2. The molecule has 3 N–H and O–H groups in total. The van der Waals surface area contributed by atoms with Crippen LogP contribution in [0.25, 0.3) is 0 Å². The molecule has 0 saturated carbocycles. The Morgan fingerprint density at radius 2 is 1.81 bits per heavy atom. The van der Waals surface area contributed by atoms with Gasteiger partial charge in [-0.1, -0.05) is 24.3 Å². The van der Waals surface area contributed by atoms with Crippen LogP contribution in [-0.2, 0) is 17.4 Å². The first-order valence-corrected chi connectivity index (χ1v) is 6.17. The number of nitrogens with one attached hydrogen (secondary N) is 1. The molecule has 0 aliphatic heterocycles. The van der Waals surface area contributed by atoms with Gasteiger partial charge in [0.25, 0.3) is 0 Å². The predicted molar refractivity (Wildman–Crippen MR) is 74.1 cm³/mol. The first-order valence-electron chi connectivity index (χ1n) is 6.17. The number of para-hydroxylation sites is 1. The molecule has 2 aromatic carbocycles. The molecule has 3 nitrogen and oxygen atoms in total. The summed E-state index contributed by atoms with van der Waals surface area (Å²) < 4.78 is 38.0. The average Bonchev–Trinajstić information content (AvgIpc) is 2.40. The summed E-state index contributed by atoms with van der Waals surface area (Å²) in [6.07, 6.45) is -4.38. The summed E-state index contributed by atoms with van der Waals surface area (Å²) in [5.41, 5.74) is 5.89. The van der Waals surface area contributed by atoms with Gasteiger partial charge in [-0.15, -0.1) is 0 Å². The van der Waals surface area contributed by atoms with E-state index in [-0.39, 0.29) is 6.42 Å². The van der Waals surface area contributed by atoms with Crippen molar-refractivity contribution in [3.63, 3.8) is 0 Å². The lowest BCUT2D eigenvalue weighted by molar-refractivity contribution is -0.137. The van der Waals surface area contributed by atoms with Gasteiger partial charge in [-0.05, 0) is 29.8 Å². The molecule has 0 unspecified atom stereocenters. The molecule has 0 radical (unpaired) electrons. The lowest BCUT2D eigenvalue weighted by atomic mass is 10.1. The van der Waals surface area contributed by atoms with E-state index in [0.29, 0.717) is 16.9 Å². The van der Waals surface area contributed by atoms with E-state index in [1.165, 1.54) is 12.1 Å². The second-order valence-corrected chi connectivity index (χ2v) is 4.50. The minimum Gasteiger partial charge on any atom is -0.369 e. The molecule has 0 aromatic heterocycles. The number of hydrogen-bond acceptors (Lipinski definition) is 2. The maximum Gasteiger partial charge on any atom is 0.416 e. The van der Waals surface area contributed by atoms with Crippen LogP contribution < -0.4 is 11.1 Å². The van der Waals surface area contributed by atoms with Crippen LogP contribution in [-0.4, -0.2) is 5.91 Å². The number of carbonyl (C=O) groups excluding carboxylic acids is 1. The fraction of sp³-hybridized carbons (Fsp3) is 0.133. The lowest BCUT2D eigenvalue weighted by Crippen LogP contribution is -2.14. The molecule has 0 aliphatic rings. The van der Waals surface area contributed by atoms with Crippen molar-refractivity contribution in [1.82, 2.24) is 0 Å². The van der Waals surface area contributed by atoms with Crippen molar-refractivity contribution in [2.45, 2.75) is 12.6 Å². The van der Waals surface area contributed by atoms with Gasteiger partial charge in [0.1, 0.15) is 0 Å². The third-order valence-electron chi connectivity index (χ3n) is 2.85. The Balaban J connectivity index is 2.28. The SMILES string of the molecule is NC(=O)Cc1ccccc1Nc1cccc(C(F)(F)F)c1. The summed E-state index contributed by atoms with van der Waals surface area (Å²) in [5, 5.41) is 2.88. The number of rotatable bonds is 4. The highest BCUT2D eigenvalue weighted by atomic mass is 19.4. The molecular weight excluding hydrogens is 281 g/mol. The maximum absolute atomic E-state index is 12.7. The average molecular weight is 294 g/mol. The molecule has 110 valence electrons. The van der Waals surface area contributed by atoms with Gasteiger partial charge in [0.15, 0.2) is 0 Å². The summed E-state index contributed by atoms with van der Waals surface area (Å²) in [6.45, 7) is 0. The summed E-state index contributed by atoms with van der Waals surface area (Å²) in [5.74, 6) is -0.506. The smallest absolute Gasteiger partial charge is 0.369 e. The Bertz CT molecular complexity index is 653. The molecule has 0 bridgehead atoms. The summed E-state index contributed by atoms with van der Waals surface area (Å²) in [4.78, 5) is 11.0. The molecule has 2 rings (SSSR count). The summed E-state index contributed by atoms with van der Waals surface area (Å²) >= 11 is 0. The first kappa shape index (κ1) is 14.9. The van der Waals surface area contributed by atoms with Gasteiger partial charge in [0.05, 0.1) is 12.0 Å². The predicted octanol–water partition coefficient (Wildman–Crippen LogP) is 3.48. The minimum absolute atomic E-state index is 0.0160. The van der Waals surface area contributed by atoms with Crippen LogP contribution in [0.2, 0.25) is 0 Å². The van der Waals surface area contributed by atoms with Gasteiger partial charge >= 0.3 is 6.18 Å². The lowest BCUT2D eigenvalue weighted by Gasteiger charge is -2.13. The van der Waals surface area contributed by atoms with Crippen LogP contribution in [0.15, 0.2) is 48.5 Å². The molecule has 0 fully saturated rings. The second kappa shape index (κ2) is 5.87. The van der Waals surface area contributed by atoms with Gasteiger partial charge in [-0.2, -0.15) is 13.2 Å². The molecule has 1 amide bonds. The van der Waals surface area contributed by atoms with Gasteiger partial charge in [-0.25, -0.2) is 0 Å². The van der Waals surface area contributed by atoms with Gasteiger partial charge < -0.3 is 11.1 Å².